The number of nitrogens with zero attached hydrogens (tertiary/aromatic N) is 2. The molecule has 0 unspecified atom stereocenters. The summed E-state index contributed by atoms with van der Waals surface area (Å²) in [7, 11) is 1.68. The van der Waals surface area contributed by atoms with Crippen molar-refractivity contribution in [2.24, 2.45) is 0 Å². The number of nitrogen functional groups attached to an aromatic ring is 1. The smallest absolute Gasteiger partial charge is 0.162 e. The van der Waals surface area contributed by atoms with Gasteiger partial charge in [0.1, 0.15) is 11.4 Å². The number of hydrogen-bond acceptors (Lipinski definition) is 4. The highest BCUT2D eigenvalue weighted by Crippen LogP contribution is 2.32. The van der Waals surface area contributed by atoms with Gasteiger partial charge in [0.25, 0.3) is 0 Å². The number of hydrogen-bond donors (Lipinski definition) is 1. The Labute approximate surface area is 105 Å². The number of methoxy groups -OCH3 is 1. The highest BCUT2D eigenvalue weighted by molar-refractivity contribution is 9.10. The summed E-state index contributed by atoms with van der Waals surface area (Å²) < 4.78 is 6.33. The van der Waals surface area contributed by atoms with E-state index < -0.39 is 5.60 Å². The summed E-state index contributed by atoms with van der Waals surface area (Å²) in [4.78, 5) is 8.77. The monoisotopic (exact) mass is 287 g/mol. The quantitative estimate of drug-likeness (QED) is 0.925. The average Bonchev–Trinajstić information content (AvgIpc) is 2.29. The normalized spacial score (nSPS) is 11.8. The summed E-state index contributed by atoms with van der Waals surface area (Å²) in [5.41, 5.74) is 6.24. The molecule has 4 nitrogen and oxygen atoms in total. The topological polar surface area (TPSA) is 61.0 Å². The lowest BCUT2D eigenvalue weighted by Crippen LogP contribution is -2.30. The predicted octanol–water partition coefficient (Wildman–Crippen LogP) is 2.79. The minimum absolute atomic E-state index is 0.431. The van der Waals surface area contributed by atoms with Gasteiger partial charge in [-0.15, -0.1) is 0 Å². The van der Waals surface area contributed by atoms with Gasteiger partial charge in [0.05, 0.1) is 10.2 Å². The van der Waals surface area contributed by atoms with Gasteiger partial charge in [-0.1, -0.05) is 13.8 Å². The minimum Gasteiger partial charge on any atom is -0.383 e. The van der Waals surface area contributed by atoms with Crippen molar-refractivity contribution >= 4 is 21.7 Å². The lowest BCUT2D eigenvalue weighted by molar-refractivity contribution is -0.0291. The number of halogens is 1. The van der Waals surface area contributed by atoms with E-state index in [1.165, 1.54) is 0 Å². The van der Waals surface area contributed by atoms with Crippen LogP contribution in [0.25, 0.3) is 0 Å². The van der Waals surface area contributed by atoms with Crippen molar-refractivity contribution in [2.45, 2.75) is 39.2 Å². The Bertz CT molecular complexity index is 346. The van der Waals surface area contributed by atoms with E-state index in [-0.39, 0.29) is 0 Å². The van der Waals surface area contributed by atoms with Gasteiger partial charge >= 0.3 is 0 Å². The van der Waals surface area contributed by atoms with Gasteiger partial charge in [0.15, 0.2) is 5.82 Å². The Hall–Kier alpha value is -0.680. The molecule has 16 heavy (non-hydrogen) atoms. The van der Waals surface area contributed by atoms with Crippen LogP contribution in [0.1, 0.15) is 38.2 Å². The molecule has 1 aromatic heterocycles. The molecule has 0 saturated carbocycles. The van der Waals surface area contributed by atoms with Gasteiger partial charge in [0, 0.05) is 7.11 Å². The molecule has 1 aromatic rings. The van der Waals surface area contributed by atoms with Crippen LogP contribution in [-0.2, 0) is 10.3 Å². The molecule has 1 rings (SSSR count). The van der Waals surface area contributed by atoms with Crippen molar-refractivity contribution < 1.29 is 4.74 Å². The summed E-state index contributed by atoms with van der Waals surface area (Å²) in [5, 5.41) is 0. The lowest BCUT2D eigenvalue weighted by atomic mass is 9.96. The molecule has 0 atom stereocenters. The molecule has 0 fully saturated rings. The maximum atomic E-state index is 5.83. The zero-order valence-corrected chi connectivity index (χ0v) is 11.8. The van der Waals surface area contributed by atoms with Crippen LogP contribution in [0.15, 0.2) is 4.47 Å². The van der Waals surface area contributed by atoms with Crippen LogP contribution in [0.3, 0.4) is 0 Å². The van der Waals surface area contributed by atoms with Crippen LogP contribution in [0.4, 0.5) is 5.82 Å². The van der Waals surface area contributed by atoms with Crippen LogP contribution in [0.5, 0.6) is 0 Å². The Morgan fingerprint density at radius 2 is 1.88 bits per heavy atom. The molecular formula is C11H18BrN3O. The van der Waals surface area contributed by atoms with E-state index in [9.17, 15) is 0 Å². The molecule has 0 spiro atoms. The second kappa shape index (κ2) is 5.10. The number of anilines is 1. The molecule has 0 aliphatic carbocycles. The molecule has 0 amide bonds. The molecule has 0 aliphatic rings. The molecule has 5 heteroatoms. The van der Waals surface area contributed by atoms with Crippen LogP contribution in [-0.4, -0.2) is 17.1 Å². The third kappa shape index (κ3) is 2.20. The van der Waals surface area contributed by atoms with E-state index in [1.807, 2.05) is 6.92 Å². The number of rotatable bonds is 4. The highest BCUT2D eigenvalue weighted by Gasteiger charge is 2.32. The van der Waals surface area contributed by atoms with Crippen molar-refractivity contribution in [3.05, 3.63) is 16.0 Å². The second-order valence-electron chi connectivity index (χ2n) is 3.74. The van der Waals surface area contributed by atoms with Crippen LogP contribution in [0, 0.1) is 6.92 Å². The first-order chi connectivity index (χ1) is 7.50. The standard InChI is InChI=1S/C11H18BrN3O/c1-5-11(6-2,16-4)10-14-7(3)8(12)9(13)15-10/h5-6H2,1-4H3,(H2,13,14,15). The number of aryl methyl sites for hydroxylation is 1. The van der Waals surface area contributed by atoms with E-state index in [0.29, 0.717) is 11.6 Å². The van der Waals surface area contributed by atoms with E-state index in [4.69, 9.17) is 10.5 Å². The largest absolute Gasteiger partial charge is 0.383 e. The predicted molar refractivity (Wildman–Crippen MR) is 68.2 cm³/mol. The van der Waals surface area contributed by atoms with Gasteiger partial charge in [-0.3, -0.25) is 0 Å². The molecule has 0 radical (unpaired) electrons. The minimum atomic E-state index is -0.431. The summed E-state index contributed by atoms with van der Waals surface area (Å²) in [5.74, 6) is 1.13. The zero-order chi connectivity index (χ0) is 12.3. The Kier molecular flexibility index (Phi) is 4.27. The molecule has 0 aromatic carbocycles. The SMILES string of the molecule is CCC(CC)(OC)c1nc(C)c(Br)c(N)n1. The number of aromatic nitrogens is 2. The zero-order valence-electron chi connectivity index (χ0n) is 10.2. The fraction of sp³-hybridized carbons (Fsp3) is 0.636. The molecular weight excluding hydrogens is 270 g/mol. The van der Waals surface area contributed by atoms with Gasteiger partial charge in [0.2, 0.25) is 0 Å². The Morgan fingerprint density at radius 3 is 2.25 bits per heavy atom. The summed E-state index contributed by atoms with van der Waals surface area (Å²) >= 11 is 3.35. The van der Waals surface area contributed by atoms with Crippen LogP contribution < -0.4 is 5.73 Å². The third-order valence-electron chi connectivity index (χ3n) is 2.98. The first-order valence-electron chi connectivity index (χ1n) is 5.36. The third-order valence-corrected chi connectivity index (χ3v) is 3.96. The maximum absolute atomic E-state index is 5.83. The highest BCUT2D eigenvalue weighted by atomic mass is 79.9. The van der Waals surface area contributed by atoms with Gasteiger partial charge in [-0.25, -0.2) is 9.97 Å². The van der Waals surface area contributed by atoms with Crippen molar-refractivity contribution in [3.63, 3.8) is 0 Å². The summed E-state index contributed by atoms with van der Waals surface area (Å²) in [6.07, 6.45) is 1.64. The van der Waals surface area contributed by atoms with Crippen LogP contribution in [0.2, 0.25) is 0 Å². The van der Waals surface area contributed by atoms with Gasteiger partial charge in [-0.05, 0) is 35.7 Å². The van der Waals surface area contributed by atoms with E-state index in [2.05, 4.69) is 39.7 Å². The van der Waals surface area contributed by atoms with Gasteiger partial charge in [-0.2, -0.15) is 0 Å². The van der Waals surface area contributed by atoms with Crippen molar-refractivity contribution in [1.29, 1.82) is 0 Å². The summed E-state index contributed by atoms with van der Waals surface area (Å²) in [6, 6.07) is 0. The molecule has 90 valence electrons. The van der Waals surface area contributed by atoms with Gasteiger partial charge < -0.3 is 10.5 Å². The van der Waals surface area contributed by atoms with E-state index >= 15 is 0 Å². The first kappa shape index (κ1) is 13.4. The van der Waals surface area contributed by atoms with Crippen LogP contribution >= 0.6 is 15.9 Å². The second-order valence-corrected chi connectivity index (χ2v) is 4.53. The number of nitrogens with two attached hydrogens (primary N) is 1. The lowest BCUT2D eigenvalue weighted by Gasteiger charge is -2.28. The summed E-state index contributed by atoms with van der Waals surface area (Å²) in [6.45, 7) is 6.02. The van der Waals surface area contributed by atoms with Crippen molar-refractivity contribution in [1.82, 2.24) is 9.97 Å². The molecule has 0 saturated heterocycles. The molecule has 1 heterocycles. The van der Waals surface area contributed by atoms with Crippen molar-refractivity contribution in [2.75, 3.05) is 12.8 Å². The molecule has 0 aliphatic heterocycles. The van der Waals surface area contributed by atoms with E-state index in [1.54, 1.807) is 7.11 Å². The Morgan fingerprint density at radius 1 is 1.31 bits per heavy atom. The average molecular weight is 288 g/mol. The van der Waals surface area contributed by atoms with E-state index in [0.717, 1.165) is 23.0 Å². The maximum Gasteiger partial charge on any atom is 0.162 e. The number of ether oxygens (including phenoxy) is 1. The fourth-order valence-electron chi connectivity index (χ4n) is 1.73. The van der Waals surface area contributed by atoms with Crippen molar-refractivity contribution in [3.8, 4) is 0 Å². The molecule has 0 bridgehead atoms. The molecule has 2 N–H and O–H groups in total. The fourth-order valence-corrected chi connectivity index (χ4v) is 1.91. The Balaban J connectivity index is 3.31. The first-order valence-corrected chi connectivity index (χ1v) is 6.15.